The van der Waals surface area contributed by atoms with Crippen molar-refractivity contribution in [2.75, 3.05) is 5.32 Å². The number of aromatic nitrogens is 2. The van der Waals surface area contributed by atoms with Crippen LogP contribution in [-0.2, 0) is 0 Å². The lowest BCUT2D eigenvalue weighted by Crippen LogP contribution is -1.96. The minimum atomic E-state index is -0.237. The Labute approximate surface area is 110 Å². The topological polar surface area (TPSA) is 37.8 Å². The Balaban J connectivity index is 1.94. The fourth-order valence-electron chi connectivity index (χ4n) is 1.84. The van der Waals surface area contributed by atoms with Crippen molar-refractivity contribution in [2.24, 2.45) is 0 Å². The van der Waals surface area contributed by atoms with Gasteiger partial charge in [0.1, 0.15) is 11.6 Å². The van der Waals surface area contributed by atoms with Crippen molar-refractivity contribution in [1.29, 1.82) is 0 Å². The number of hydrogen-bond donors (Lipinski definition) is 1. The van der Waals surface area contributed by atoms with Crippen LogP contribution in [0.4, 0.5) is 15.9 Å². The van der Waals surface area contributed by atoms with E-state index < -0.39 is 0 Å². The summed E-state index contributed by atoms with van der Waals surface area (Å²) in [4.78, 5) is 8.73. The summed E-state index contributed by atoms with van der Waals surface area (Å²) in [6.45, 7) is 1.73. The van der Waals surface area contributed by atoms with Crippen LogP contribution in [0.2, 0.25) is 0 Å². The molecule has 0 atom stereocenters. The van der Waals surface area contributed by atoms with Crippen LogP contribution >= 0.6 is 0 Å². The minimum absolute atomic E-state index is 0.237. The number of para-hydroxylation sites is 2. The molecule has 2 aromatic carbocycles. The zero-order valence-corrected chi connectivity index (χ0v) is 10.4. The van der Waals surface area contributed by atoms with Gasteiger partial charge in [0, 0.05) is 5.69 Å². The van der Waals surface area contributed by atoms with Crippen LogP contribution in [0.1, 0.15) is 5.56 Å². The average molecular weight is 253 g/mol. The predicted octanol–water partition coefficient (Wildman–Crippen LogP) is 3.82. The van der Waals surface area contributed by atoms with E-state index in [0.29, 0.717) is 17.1 Å². The first-order valence-electron chi connectivity index (χ1n) is 5.97. The first-order chi connectivity index (χ1) is 9.22. The molecule has 1 aromatic heterocycles. The van der Waals surface area contributed by atoms with E-state index in [4.69, 9.17) is 0 Å². The van der Waals surface area contributed by atoms with E-state index >= 15 is 0 Å². The number of hydrogen-bond acceptors (Lipinski definition) is 3. The van der Waals surface area contributed by atoms with Crippen molar-refractivity contribution in [3.63, 3.8) is 0 Å². The maximum atomic E-state index is 13.5. The third-order valence-corrected chi connectivity index (χ3v) is 2.89. The van der Waals surface area contributed by atoms with Gasteiger partial charge in [0.2, 0.25) is 0 Å². The maximum absolute atomic E-state index is 13.5. The summed E-state index contributed by atoms with van der Waals surface area (Å²) in [5.41, 5.74) is 2.92. The molecule has 3 aromatic rings. The summed E-state index contributed by atoms with van der Waals surface area (Å²) < 4.78 is 13.5. The second kappa shape index (κ2) is 4.65. The van der Waals surface area contributed by atoms with Gasteiger partial charge in [-0.1, -0.05) is 18.2 Å². The smallest absolute Gasteiger partial charge is 0.149 e. The Bertz CT molecular complexity index is 740. The summed E-state index contributed by atoms with van der Waals surface area (Å²) in [5, 5.41) is 3.05. The van der Waals surface area contributed by atoms with E-state index in [0.717, 1.165) is 11.0 Å². The molecule has 0 spiro atoms. The van der Waals surface area contributed by atoms with Crippen LogP contribution in [0.25, 0.3) is 11.0 Å². The van der Waals surface area contributed by atoms with Gasteiger partial charge >= 0.3 is 0 Å². The highest BCUT2D eigenvalue weighted by molar-refractivity contribution is 5.76. The van der Waals surface area contributed by atoms with E-state index in [1.807, 2.05) is 30.3 Å². The molecule has 0 aliphatic carbocycles. The summed E-state index contributed by atoms with van der Waals surface area (Å²) in [7, 11) is 0. The molecule has 0 aliphatic heterocycles. The molecular formula is C15H12FN3. The molecule has 0 aliphatic rings. The minimum Gasteiger partial charge on any atom is -0.339 e. The molecule has 94 valence electrons. The number of rotatable bonds is 2. The Morgan fingerprint density at radius 2 is 1.84 bits per heavy atom. The molecule has 0 saturated heterocycles. The largest absolute Gasteiger partial charge is 0.339 e. The Kier molecular flexibility index (Phi) is 2.83. The summed E-state index contributed by atoms with van der Waals surface area (Å²) in [6.07, 6.45) is 1.64. The SMILES string of the molecule is Cc1ccc(Nc2cnc3ccccc3n2)cc1F. The van der Waals surface area contributed by atoms with E-state index in [2.05, 4.69) is 15.3 Å². The molecule has 3 rings (SSSR count). The zero-order chi connectivity index (χ0) is 13.2. The van der Waals surface area contributed by atoms with Crippen molar-refractivity contribution in [1.82, 2.24) is 9.97 Å². The Morgan fingerprint density at radius 1 is 1.05 bits per heavy atom. The van der Waals surface area contributed by atoms with Crippen molar-refractivity contribution in [3.8, 4) is 0 Å². The standard InChI is InChI=1S/C15H12FN3/c1-10-6-7-11(8-12(10)16)18-15-9-17-13-4-2-3-5-14(13)19-15/h2-9H,1H3,(H,18,19). The van der Waals surface area contributed by atoms with Crippen molar-refractivity contribution >= 4 is 22.5 Å². The predicted molar refractivity (Wildman–Crippen MR) is 74.0 cm³/mol. The molecule has 0 bridgehead atoms. The second-order valence-corrected chi connectivity index (χ2v) is 4.33. The van der Waals surface area contributed by atoms with Gasteiger partial charge in [-0.2, -0.15) is 0 Å². The van der Waals surface area contributed by atoms with Crippen LogP contribution in [-0.4, -0.2) is 9.97 Å². The highest BCUT2D eigenvalue weighted by Gasteiger charge is 2.02. The summed E-state index contributed by atoms with van der Waals surface area (Å²) in [6, 6.07) is 12.6. The number of halogens is 1. The van der Waals surface area contributed by atoms with Crippen LogP contribution in [0.3, 0.4) is 0 Å². The fourth-order valence-corrected chi connectivity index (χ4v) is 1.84. The molecule has 19 heavy (non-hydrogen) atoms. The molecule has 0 saturated carbocycles. The van der Waals surface area contributed by atoms with Gasteiger partial charge in [0.15, 0.2) is 0 Å². The number of nitrogens with zero attached hydrogens (tertiary/aromatic N) is 2. The Morgan fingerprint density at radius 3 is 2.63 bits per heavy atom. The summed E-state index contributed by atoms with van der Waals surface area (Å²) >= 11 is 0. The number of benzene rings is 2. The zero-order valence-electron chi connectivity index (χ0n) is 10.4. The van der Waals surface area contributed by atoms with Gasteiger partial charge in [0.25, 0.3) is 0 Å². The molecule has 0 radical (unpaired) electrons. The van der Waals surface area contributed by atoms with E-state index in [-0.39, 0.29) is 5.82 Å². The normalized spacial score (nSPS) is 10.6. The number of fused-ring (bicyclic) bond motifs is 1. The molecule has 1 N–H and O–H groups in total. The monoisotopic (exact) mass is 253 g/mol. The molecule has 0 unspecified atom stereocenters. The third-order valence-electron chi connectivity index (χ3n) is 2.89. The van der Waals surface area contributed by atoms with E-state index in [1.165, 1.54) is 6.07 Å². The van der Waals surface area contributed by atoms with Crippen LogP contribution in [0, 0.1) is 12.7 Å². The van der Waals surface area contributed by atoms with Gasteiger partial charge in [0.05, 0.1) is 17.2 Å². The average Bonchev–Trinajstić information content (AvgIpc) is 2.43. The van der Waals surface area contributed by atoms with Gasteiger partial charge in [-0.15, -0.1) is 0 Å². The molecular weight excluding hydrogens is 241 g/mol. The van der Waals surface area contributed by atoms with Gasteiger partial charge in [-0.25, -0.2) is 9.37 Å². The number of nitrogens with one attached hydrogen (secondary N) is 1. The maximum Gasteiger partial charge on any atom is 0.149 e. The molecule has 3 nitrogen and oxygen atoms in total. The highest BCUT2D eigenvalue weighted by atomic mass is 19.1. The fraction of sp³-hybridized carbons (Fsp3) is 0.0667. The van der Waals surface area contributed by atoms with Crippen LogP contribution in [0.15, 0.2) is 48.7 Å². The van der Waals surface area contributed by atoms with E-state index in [1.54, 1.807) is 19.2 Å². The molecule has 0 fully saturated rings. The van der Waals surface area contributed by atoms with Gasteiger partial charge in [-0.3, -0.25) is 4.98 Å². The molecule has 4 heteroatoms. The molecule has 1 heterocycles. The van der Waals surface area contributed by atoms with Crippen molar-refractivity contribution < 1.29 is 4.39 Å². The number of anilines is 2. The second-order valence-electron chi connectivity index (χ2n) is 4.33. The lowest BCUT2D eigenvalue weighted by Gasteiger charge is -2.07. The first-order valence-corrected chi connectivity index (χ1v) is 5.97. The van der Waals surface area contributed by atoms with Crippen LogP contribution in [0.5, 0.6) is 0 Å². The first kappa shape index (κ1) is 11.6. The van der Waals surface area contributed by atoms with Gasteiger partial charge < -0.3 is 5.32 Å². The lowest BCUT2D eigenvalue weighted by atomic mass is 10.2. The third kappa shape index (κ3) is 2.38. The number of aryl methyl sites for hydroxylation is 1. The van der Waals surface area contributed by atoms with Gasteiger partial charge in [-0.05, 0) is 36.8 Å². The van der Waals surface area contributed by atoms with Crippen LogP contribution < -0.4 is 5.32 Å². The quantitative estimate of drug-likeness (QED) is 0.754. The van der Waals surface area contributed by atoms with Crippen molar-refractivity contribution in [3.05, 3.63) is 60.0 Å². The Hall–Kier alpha value is -2.49. The highest BCUT2D eigenvalue weighted by Crippen LogP contribution is 2.19. The lowest BCUT2D eigenvalue weighted by molar-refractivity contribution is 0.619. The summed E-state index contributed by atoms with van der Waals surface area (Å²) in [5.74, 6) is 0.362. The van der Waals surface area contributed by atoms with E-state index in [9.17, 15) is 4.39 Å². The molecule has 0 amide bonds. The van der Waals surface area contributed by atoms with Crippen molar-refractivity contribution in [2.45, 2.75) is 6.92 Å².